The lowest BCUT2D eigenvalue weighted by molar-refractivity contribution is -0.114. The molecule has 41 heavy (non-hydrogen) atoms. The first kappa shape index (κ1) is 29.7. The lowest BCUT2D eigenvalue weighted by atomic mass is 10.0. The van der Waals surface area contributed by atoms with Gasteiger partial charge in [-0.1, -0.05) is 59.7 Å². The minimum absolute atomic E-state index is 0.103. The highest BCUT2D eigenvalue weighted by Gasteiger charge is 2.20. The van der Waals surface area contributed by atoms with Crippen LogP contribution in [-0.2, 0) is 35.7 Å². The largest absolute Gasteiger partial charge is 0.325 e. The van der Waals surface area contributed by atoms with Crippen LogP contribution in [-0.4, -0.2) is 40.2 Å². The maximum atomic E-state index is 12.5. The lowest BCUT2D eigenvalue weighted by Gasteiger charge is -2.09. The van der Waals surface area contributed by atoms with Crippen molar-refractivity contribution in [2.75, 3.05) is 22.1 Å². The molecule has 0 radical (unpaired) electrons. The first-order chi connectivity index (χ1) is 19.4. The van der Waals surface area contributed by atoms with Gasteiger partial charge in [0.25, 0.3) is 0 Å². The molecule has 0 aliphatic carbocycles. The van der Waals surface area contributed by atoms with Crippen molar-refractivity contribution in [2.45, 2.75) is 30.1 Å². The Morgan fingerprint density at radius 1 is 0.512 bits per heavy atom. The van der Waals surface area contributed by atoms with Gasteiger partial charge in [-0.05, 0) is 79.9 Å². The van der Waals surface area contributed by atoms with Gasteiger partial charge in [-0.15, -0.1) is 0 Å². The molecule has 0 aromatic heterocycles. The predicted molar refractivity (Wildman–Crippen MR) is 159 cm³/mol. The number of carbonyl (C=O) groups excluding carboxylic acids is 2. The first-order valence-electron chi connectivity index (χ1n) is 12.8. The Balaban J connectivity index is 1.29. The highest BCUT2D eigenvalue weighted by atomic mass is 32.2. The van der Waals surface area contributed by atoms with E-state index in [1.165, 1.54) is 24.3 Å². The minimum atomic E-state index is -3.75. The molecule has 4 aromatic carbocycles. The molecule has 0 bridgehead atoms. The lowest BCUT2D eigenvalue weighted by Crippen LogP contribution is -2.23. The van der Waals surface area contributed by atoms with E-state index in [4.69, 9.17) is 0 Å². The summed E-state index contributed by atoms with van der Waals surface area (Å²) in [5, 5.41) is 5.25. The van der Waals surface area contributed by atoms with Crippen LogP contribution in [0.15, 0.2) is 107 Å². The molecular weight excluding hydrogens is 560 g/mol. The van der Waals surface area contributed by atoms with E-state index in [1.54, 1.807) is 48.5 Å². The molecule has 0 saturated carbocycles. The average molecular weight is 591 g/mol. The molecule has 0 aliphatic rings. The van der Waals surface area contributed by atoms with E-state index < -0.39 is 43.0 Å². The fourth-order valence-electron chi connectivity index (χ4n) is 4.04. The summed E-state index contributed by atoms with van der Waals surface area (Å²) in [6.07, 6.45) is 0.575. The van der Waals surface area contributed by atoms with Gasteiger partial charge in [-0.25, -0.2) is 16.8 Å². The molecule has 0 fully saturated rings. The summed E-state index contributed by atoms with van der Waals surface area (Å²) < 4.78 is 50.0. The second-order valence-corrected chi connectivity index (χ2v) is 13.8. The Hall–Kier alpha value is -4.28. The van der Waals surface area contributed by atoms with Crippen molar-refractivity contribution < 1.29 is 26.4 Å². The first-order valence-corrected chi connectivity index (χ1v) is 16.1. The Morgan fingerprint density at radius 2 is 0.829 bits per heavy atom. The van der Waals surface area contributed by atoms with Crippen molar-refractivity contribution in [1.82, 2.24) is 0 Å². The highest BCUT2D eigenvalue weighted by Crippen LogP contribution is 2.18. The topological polar surface area (TPSA) is 126 Å². The van der Waals surface area contributed by atoms with Gasteiger partial charge in [0.15, 0.2) is 19.7 Å². The van der Waals surface area contributed by atoms with Crippen molar-refractivity contribution in [1.29, 1.82) is 0 Å². The molecule has 10 heteroatoms. The quantitative estimate of drug-likeness (QED) is 0.275. The standard InChI is InChI=1S/C31H30N2O6S2/c1-22-3-15-28(16-4-22)40(36,37)20-30(34)32-26-11-7-24(8-12-26)19-25-9-13-27(14-10-25)33-31(35)21-41(38,39)29-17-5-23(2)6-18-29/h3-18H,19-21H2,1-2H3,(H,32,34)(H,33,35). The van der Waals surface area contributed by atoms with Gasteiger partial charge in [-0.3, -0.25) is 9.59 Å². The fourth-order valence-corrected chi connectivity index (χ4v) is 6.31. The summed E-state index contributed by atoms with van der Waals surface area (Å²) in [7, 11) is -7.50. The maximum Gasteiger partial charge on any atom is 0.239 e. The Morgan fingerprint density at radius 3 is 1.15 bits per heavy atom. The summed E-state index contributed by atoms with van der Waals surface area (Å²) >= 11 is 0. The maximum absolute atomic E-state index is 12.5. The van der Waals surface area contributed by atoms with Gasteiger partial charge in [0.1, 0.15) is 11.5 Å². The van der Waals surface area contributed by atoms with E-state index in [2.05, 4.69) is 10.6 Å². The molecule has 0 spiro atoms. The molecule has 2 amide bonds. The third-order valence-electron chi connectivity index (χ3n) is 6.29. The van der Waals surface area contributed by atoms with E-state index in [-0.39, 0.29) is 9.79 Å². The number of aryl methyl sites for hydroxylation is 2. The van der Waals surface area contributed by atoms with E-state index in [9.17, 15) is 26.4 Å². The number of hydrogen-bond donors (Lipinski definition) is 2. The summed E-state index contributed by atoms with van der Waals surface area (Å²) in [5.41, 5.74) is 4.73. The third-order valence-corrected chi connectivity index (χ3v) is 9.55. The normalized spacial score (nSPS) is 11.6. The SMILES string of the molecule is Cc1ccc(S(=O)(=O)CC(=O)Nc2ccc(Cc3ccc(NC(=O)CS(=O)(=O)c4ccc(C)cc4)cc3)cc2)cc1. The number of benzene rings is 4. The van der Waals surface area contributed by atoms with Gasteiger partial charge in [0.2, 0.25) is 11.8 Å². The van der Waals surface area contributed by atoms with Gasteiger partial charge >= 0.3 is 0 Å². The zero-order valence-corrected chi connectivity index (χ0v) is 24.3. The summed E-state index contributed by atoms with van der Waals surface area (Å²) in [6.45, 7) is 3.71. The number of hydrogen-bond acceptors (Lipinski definition) is 6. The van der Waals surface area contributed by atoms with Crippen LogP contribution in [0.3, 0.4) is 0 Å². The van der Waals surface area contributed by atoms with Crippen LogP contribution in [0, 0.1) is 13.8 Å². The molecule has 2 N–H and O–H groups in total. The van der Waals surface area contributed by atoms with Crippen molar-refractivity contribution in [3.05, 3.63) is 119 Å². The van der Waals surface area contributed by atoms with E-state index in [0.29, 0.717) is 17.8 Å². The van der Waals surface area contributed by atoms with Gasteiger partial charge in [0, 0.05) is 11.4 Å². The molecule has 0 atom stereocenters. The average Bonchev–Trinajstić information content (AvgIpc) is 2.91. The van der Waals surface area contributed by atoms with Crippen molar-refractivity contribution in [2.24, 2.45) is 0 Å². The van der Waals surface area contributed by atoms with Crippen LogP contribution in [0.1, 0.15) is 22.3 Å². The summed E-state index contributed by atoms with van der Waals surface area (Å²) in [5.74, 6) is -2.55. The third kappa shape index (κ3) is 8.36. The van der Waals surface area contributed by atoms with Crippen LogP contribution >= 0.6 is 0 Å². The monoisotopic (exact) mass is 590 g/mol. The molecule has 0 aliphatic heterocycles. The minimum Gasteiger partial charge on any atom is -0.325 e. The van der Waals surface area contributed by atoms with Gasteiger partial charge in [-0.2, -0.15) is 0 Å². The number of sulfone groups is 2. The van der Waals surface area contributed by atoms with Crippen LogP contribution < -0.4 is 10.6 Å². The van der Waals surface area contributed by atoms with Crippen LogP contribution in [0.25, 0.3) is 0 Å². The summed E-state index contributed by atoms with van der Waals surface area (Å²) in [6, 6.07) is 26.8. The zero-order chi connectivity index (χ0) is 29.6. The number of amides is 2. The van der Waals surface area contributed by atoms with Crippen LogP contribution in [0.4, 0.5) is 11.4 Å². The second-order valence-electron chi connectivity index (χ2n) is 9.81. The number of nitrogens with one attached hydrogen (secondary N) is 2. The molecule has 0 saturated heterocycles. The molecule has 4 aromatic rings. The van der Waals surface area contributed by atoms with Gasteiger partial charge < -0.3 is 10.6 Å². The van der Waals surface area contributed by atoms with E-state index in [1.807, 2.05) is 38.1 Å². The highest BCUT2D eigenvalue weighted by molar-refractivity contribution is 7.92. The Labute approximate surface area is 240 Å². The molecule has 4 rings (SSSR count). The molecular formula is C31H30N2O6S2. The number of rotatable bonds is 10. The van der Waals surface area contributed by atoms with Crippen LogP contribution in [0.5, 0.6) is 0 Å². The van der Waals surface area contributed by atoms with Gasteiger partial charge in [0.05, 0.1) is 9.79 Å². The molecule has 0 unspecified atom stereocenters. The van der Waals surface area contributed by atoms with Crippen molar-refractivity contribution in [3.63, 3.8) is 0 Å². The smallest absolute Gasteiger partial charge is 0.239 e. The molecule has 0 heterocycles. The number of carbonyl (C=O) groups is 2. The summed E-state index contributed by atoms with van der Waals surface area (Å²) in [4.78, 5) is 24.9. The fraction of sp³-hybridized carbons (Fsp3) is 0.161. The zero-order valence-electron chi connectivity index (χ0n) is 22.6. The van der Waals surface area contributed by atoms with E-state index in [0.717, 1.165) is 22.3 Å². The van der Waals surface area contributed by atoms with Crippen molar-refractivity contribution >= 4 is 42.9 Å². The van der Waals surface area contributed by atoms with Crippen molar-refractivity contribution in [3.8, 4) is 0 Å². The second kappa shape index (κ2) is 12.5. The number of anilines is 2. The molecule has 212 valence electrons. The Bertz CT molecular complexity index is 1610. The van der Waals surface area contributed by atoms with Crippen LogP contribution in [0.2, 0.25) is 0 Å². The molecule has 8 nitrogen and oxygen atoms in total. The predicted octanol–water partition coefficient (Wildman–Crippen LogP) is 4.72. The van der Waals surface area contributed by atoms with E-state index >= 15 is 0 Å². The Kier molecular flexibility index (Phi) is 9.05.